The molecule has 0 bridgehead atoms. The zero-order valence-electron chi connectivity index (χ0n) is 13.5. The molecule has 1 atom stereocenters. The normalized spacial score (nSPS) is 18.1. The molecule has 0 fully saturated rings. The fraction of sp³-hybridized carbons (Fsp3) is 0.562. The van der Waals surface area contributed by atoms with Crippen LogP contribution in [-0.2, 0) is 21.4 Å². The van der Waals surface area contributed by atoms with Gasteiger partial charge in [-0.25, -0.2) is 4.68 Å². The Kier molecular flexibility index (Phi) is 5.00. The Hall–Kier alpha value is -2.11. The van der Waals surface area contributed by atoms with Crippen molar-refractivity contribution in [2.45, 2.75) is 45.4 Å². The maximum atomic E-state index is 12.0. The van der Waals surface area contributed by atoms with E-state index in [2.05, 4.69) is 5.10 Å². The summed E-state index contributed by atoms with van der Waals surface area (Å²) >= 11 is 0. The predicted octanol–water partition coefficient (Wildman–Crippen LogP) is 2.41. The van der Waals surface area contributed by atoms with Crippen molar-refractivity contribution in [2.75, 3.05) is 7.11 Å². The summed E-state index contributed by atoms with van der Waals surface area (Å²) in [6.45, 7) is 3.80. The number of hydrogen-bond donors (Lipinski definition) is 0. The van der Waals surface area contributed by atoms with Crippen LogP contribution in [0.3, 0.4) is 0 Å². The minimum Gasteiger partial charge on any atom is -0.481 e. The first-order valence-electron chi connectivity index (χ1n) is 7.47. The molecule has 0 aliphatic heterocycles. The van der Waals surface area contributed by atoms with Gasteiger partial charge in [0.2, 0.25) is 5.88 Å². The van der Waals surface area contributed by atoms with Gasteiger partial charge in [0.1, 0.15) is 5.76 Å². The van der Waals surface area contributed by atoms with Gasteiger partial charge in [-0.1, -0.05) is 6.92 Å². The van der Waals surface area contributed by atoms with Gasteiger partial charge in [-0.05, 0) is 13.3 Å². The highest BCUT2D eigenvalue weighted by Crippen LogP contribution is 2.38. The summed E-state index contributed by atoms with van der Waals surface area (Å²) in [5.41, 5.74) is 1.74. The van der Waals surface area contributed by atoms with E-state index in [1.807, 2.05) is 13.8 Å². The van der Waals surface area contributed by atoms with Gasteiger partial charge < -0.3 is 9.47 Å². The fourth-order valence-electron chi connectivity index (χ4n) is 2.90. The molecule has 1 aromatic heterocycles. The molecular weight excluding hydrogens is 284 g/mol. The average molecular weight is 306 g/mol. The van der Waals surface area contributed by atoms with E-state index in [-0.39, 0.29) is 17.7 Å². The molecule has 120 valence electrons. The molecule has 0 saturated heterocycles. The van der Waals surface area contributed by atoms with E-state index in [4.69, 9.17) is 9.47 Å². The van der Waals surface area contributed by atoms with Crippen molar-refractivity contribution in [1.82, 2.24) is 9.78 Å². The first kappa shape index (κ1) is 16.3. The number of rotatable bonds is 5. The van der Waals surface area contributed by atoms with E-state index >= 15 is 0 Å². The predicted molar refractivity (Wildman–Crippen MR) is 80.6 cm³/mol. The minimum atomic E-state index is -0.294. The molecule has 0 amide bonds. The molecule has 6 heteroatoms. The number of methoxy groups -OCH3 is 1. The van der Waals surface area contributed by atoms with Crippen molar-refractivity contribution < 1.29 is 19.1 Å². The molecule has 1 aliphatic carbocycles. The Morgan fingerprint density at radius 1 is 1.45 bits per heavy atom. The smallest absolute Gasteiger partial charge is 0.310 e. The second-order valence-electron chi connectivity index (χ2n) is 5.54. The van der Waals surface area contributed by atoms with Gasteiger partial charge in [0.15, 0.2) is 5.78 Å². The molecule has 0 saturated carbocycles. The molecule has 22 heavy (non-hydrogen) atoms. The standard InChI is InChI=1S/C16H22N2O4/c1-5-6-14(20)22-13-8-11(7-12(19)9-13)15-10(2)17-18(3)16(15)21-4/h9,11H,5-8H2,1-4H3. The number of aromatic nitrogens is 2. The lowest BCUT2D eigenvalue weighted by molar-refractivity contribution is -0.140. The van der Waals surface area contributed by atoms with Gasteiger partial charge in [0.05, 0.1) is 12.8 Å². The Morgan fingerprint density at radius 3 is 2.82 bits per heavy atom. The van der Waals surface area contributed by atoms with Crippen LogP contribution in [0, 0.1) is 6.92 Å². The fourth-order valence-corrected chi connectivity index (χ4v) is 2.90. The number of carbonyl (C=O) groups excluding carboxylic acids is 2. The summed E-state index contributed by atoms with van der Waals surface area (Å²) in [5, 5.41) is 4.35. The highest BCUT2D eigenvalue weighted by atomic mass is 16.5. The second kappa shape index (κ2) is 6.77. The molecule has 1 heterocycles. The number of hydrogen-bond acceptors (Lipinski definition) is 5. The lowest BCUT2D eigenvalue weighted by Crippen LogP contribution is -2.17. The Bertz CT molecular complexity index is 616. The van der Waals surface area contributed by atoms with Gasteiger partial charge in [0, 0.05) is 43.9 Å². The summed E-state index contributed by atoms with van der Waals surface area (Å²) in [6, 6.07) is 0. The summed E-state index contributed by atoms with van der Waals surface area (Å²) < 4.78 is 12.4. The van der Waals surface area contributed by atoms with E-state index in [9.17, 15) is 9.59 Å². The van der Waals surface area contributed by atoms with Crippen LogP contribution in [0.5, 0.6) is 5.88 Å². The van der Waals surface area contributed by atoms with Crippen LogP contribution in [0.4, 0.5) is 0 Å². The molecule has 0 radical (unpaired) electrons. The van der Waals surface area contributed by atoms with Crippen LogP contribution in [0.2, 0.25) is 0 Å². The van der Waals surface area contributed by atoms with Crippen molar-refractivity contribution in [2.24, 2.45) is 7.05 Å². The van der Waals surface area contributed by atoms with Crippen molar-refractivity contribution >= 4 is 11.8 Å². The third-order valence-electron chi connectivity index (χ3n) is 3.73. The number of ether oxygens (including phenoxy) is 2. The largest absolute Gasteiger partial charge is 0.481 e. The zero-order chi connectivity index (χ0) is 16.3. The topological polar surface area (TPSA) is 70.4 Å². The van der Waals surface area contributed by atoms with Crippen LogP contribution in [0.25, 0.3) is 0 Å². The SMILES string of the molecule is CCCC(=O)OC1=CC(=O)CC(c2c(C)nn(C)c2OC)C1. The number of aryl methyl sites for hydroxylation is 2. The molecule has 6 nitrogen and oxygen atoms in total. The van der Waals surface area contributed by atoms with Gasteiger partial charge in [0.25, 0.3) is 0 Å². The summed E-state index contributed by atoms with van der Waals surface area (Å²) in [4.78, 5) is 23.6. The average Bonchev–Trinajstić information content (AvgIpc) is 2.72. The van der Waals surface area contributed by atoms with Crippen molar-refractivity contribution in [3.05, 3.63) is 23.1 Å². The maximum absolute atomic E-state index is 12.0. The van der Waals surface area contributed by atoms with E-state index in [0.29, 0.717) is 30.9 Å². The number of esters is 1. The minimum absolute atomic E-state index is 0.0409. The lowest BCUT2D eigenvalue weighted by Gasteiger charge is -2.22. The summed E-state index contributed by atoms with van der Waals surface area (Å²) in [7, 11) is 3.39. The molecule has 0 aromatic carbocycles. The highest BCUT2D eigenvalue weighted by molar-refractivity contribution is 5.92. The first-order valence-corrected chi connectivity index (χ1v) is 7.47. The van der Waals surface area contributed by atoms with Crippen molar-refractivity contribution in [3.8, 4) is 5.88 Å². The van der Waals surface area contributed by atoms with Crippen LogP contribution in [-0.4, -0.2) is 28.6 Å². The van der Waals surface area contributed by atoms with E-state index in [1.165, 1.54) is 6.08 Å². The van der Waals surface area contributed by atoms with Gasteiger partial charge in [-0.2, -0.15) is 5.10 Å². The summed E-state index contributed by atoms with van der Waals surface area (Å²) in [6.07, 6.45) is 3.38. The molecule has 1 aliphatic rings. The number of nitrogens with zero attached hydrogens (tertiary/aromatic N) is 2. The molecule has 0 spiro atoms. The second-order valence-corrected chi connectivity index (χ2v) is 5.54. The quantitative estimate of drug-likeness (QED) is 0.781. The highest BCUT2D eigenvalue weighted by Gasteiger charge is 2.30. The Labute approximate surface area is 130 Å². The van der Waals surface area contributed by atoms with Gasteiger partial charge >= 0.3 is 5.97 Å². The summed E-state index contributed by atoms with van der Waals surface area (Å²) in [5.74, 6) is 0.671. The molecule has 0 N–H and O–H groups in total. The van der Waals surface area contributed by atoms with Gasteiger partial charge in [-0.3, -0.25) is 9.59 Å². The number of ketones is 1. The van der Waals surface area contributed by atoms with E-state index < -0.39 is 0 Å². The van der Waals surface area contributed by atoms with E-state index in [1.54, 1.807) is 18.8 Å². The molecule has 1 aromatic rings. The number of carbonyl (C=O) groups is 2. The van der Waals surface area contributed by atoms with Crippen molar-refractivity contribution in [1.29, 1.82) is 0 Å². The third-order valence-corrected chi connectivity index (χ3v) is 3.73. The zero-order valence-corrected chi connectivity index (χ0v) is 13.5. The lowest BCUT2D eigenvalue weighted by atomic mass is 9.86. The van der Waals surface area contributed by atoms with Crippen LogP contribution in [0.15, 0.2) is 11.8 Å². The first-order chi connectivity index (χ1) is 10.5. The van der Waals surface area contributed by atoms with Gasteiger partial charge in [-0.15, -0.1) is 0 Å². The van der Waals surface area contributed by atoms with E-state index in [0.717, 1.165) is 17.7 Å². The van der Waals surface area contributed by atoms with Crippen LogP contribution in [0.1, 0.15) is 49.8 Å². The third kappa shape index (κ3) is 3.37. The van der Waals surface area contributed by atoms with Crippen molar-refractivity contribution in [3.63, 3.8) is 0 Å². The number of allylic oxidation sites excluding steroid dienone is 2. The van der Waals surface area contributed by atoms with Crippen LogP contribution < -0.4 is 4.74 Å². The molecular formula is C16H22N2O4. The maximum Gasteiger partial charge on any atom is 0.310 e. The Balaban J connectivity index is 2.23. The molecule has 1 unspecified atom stereocenters. The molecule has 2 rings (SSSR count). The van der Waals surface area contributed by atoms with Crippen LogP contribution >= 0.6 is 0 Å². The monoisotopic (exact) mass is 306 g/mol. The Morgan fingerprint density at radius 2 is 2.18 bits per heavy atom.